The van der Waals surface area contributed by atoms with E-state index in [2.05, 4.69) is 10.0 Å². The Morgan fingerprint density at radius 2 is 1.74 bits per heavy atom. The Bertz CT molecular complexity index is 884. The van der Waals surface area contributed by atoms with Gasteiger partial charge in [0.2, 0.25) is 5.91 Å². The molecule has 1 amide bonds. The topological polar surface area (TPSA) is 101 Å². The van der Waals surface area contributed by atoms with E-state index in [1.165, 1.54) is 0 Å². The zero-order valence-electron chi connectivity index (χ0n) is 15.1. The highest BCUT2D eigenvalue weighted by Crippen LogP contribution is 2.24. The number of para-hydroxylation sites is 1. The average Bonchev–Trinajstić information content (AvgIpc) is 2.67. The predicted octanol–water partition coefficient (Wildman–Crippen LogP) is 2.62. The summed E-state index contributed by atoms with van der Waals surface area (Å²) in [6.45, 7) is 0.262. The highest BCUT2D eigenvalue weighted by molar-refractivity contribution is 7.92. The molecule has 1 aliphatic carbocycles. The van der Waals surface area contributed by atoms with E-state index in [4.69, 9.17) is 5.73 Å². The number of nitrogens with one attached hydrogen (secondary N) is 2. The summed E-state index contributed by atoms with van der Waals surface area (Å²) in [7, 11) is -3.68. The Morgan fingerprint density at radius 1 is 1.04 bits per heavy atom. The van der Waals surface area contributed by atoms with Gasteiger partial charge < -0.3 is 11.1 Å². The van der Waals surface area contributed by atoms with Crippen molar-refractivity contribution in [1.29, 1.82) is 0 Å². The van der Waals surface area contributed by atoms with E-state index in [0.29, 0.717) is 17.7 Å². The standard InChI is InChI=1S/C20H25N3O3S/c21-17-9-6-8-15(13-17)20(24)22-14-16-7-4-5-12-19(16)23-27(25,26)18-10-2-1-3-11-18/h1-5,7,10-12,15,17,23H,6,8-9,13-14,21H2,(H,22,24). The first-order valence-corrected chi connectivity index (χ1v) is 10.6. The van der Waals surface area contributed by atoms with Gasteiger partial charge in [0, 0.05) is 18.5 Å². The lowest BCUT2D eigenvalue weighted by atomic mass is 9.85. The van der Waals surface area contributed by atoms with Gasteiger partial charge >= 0.3 is 0 Å². The molecular weight excluding hydrogens is 362 g/mol. The van der Waals surface area contributed by atoms with Crippen molar-refractivity contribution in [3.05, 3.63) is 60.2 Å². The van der Waals surface area contributed by atoms with Gasteiger partial charge in [-0.1, -0.05) is 42.8 Å². The van der Waals surface area contributed by atoms with Gasteiger partial charge in [-0.15, -0.1) is 0 Å². The first-order chi connectivity index (χ1) is 13.0. The summed E-state index contributed by atoms with van der Waals surface area (Å²) in [5.74, 6) is -0.0900. The maximum atomic E-state index is 12.6. The summed E-state index contributed by atoms with van der Waals surface area (Å²) in [4.78, 5) is 12.6. The normalized spacial score (nSPS) is 20.0. The van der Waals surface area contributed by atoms with Crippen LogP contribution in [0.4, 0.5) is 5.69 Å². The smallest absolute Gasteiger partial charge is 0.261 e. The number of carbonyl (C=O) groups excluding carboxylic acids is 1. The molecule has 0 aromatic heterocycles. The molecule has 0 saturated heterocycles. The molecule has 1 saturated carbocycles. The molecule has 0 spiro atoms. The Morgan fingerprint density at radius 3 is 2.48 bits per heavy atom. The molecule has 2 unspecified atom stereocenters. The van der Waals surface area contributed by atoms with Gasteiger partial charge in [-0.05, 0) is 43.0 Å². The average molecular weight is 388 g/mol. The minimum atomic E-state index is -3.68. The van der Waals surface area contributed by atoms with Crippen molar-refractivity contribution < 1.29 is 13.2 Å². The molecule has 6 nitrogen and oxygen atoms in total. The van der Waals surface area contributed by atoms with Gasteiger partial charge in [0.15, 0.2) is 0 Å². The number of benzene rings is 2. The molecule has 2 aromatic rings. The molecule has 0 bridgehead atoms. The van der Waals surface area contributed by atoms with Crippen LogP contribution in [-0.2, 0) is 21.4 Å². The molecule has 144 valence electrons. The lowest BCUT2D eigenvalue weighted by Gasteiger charge is -2.25. The minimum absolute atomic E-state index is 0.0223. The van der Waals surface area contributed by atoms with E-state index in [9.17, 15) is 13.2 Å². The van der Waals surface area contributed by atoms with Crippen LogP contribution in [0.2, 0.25) is 0 Å². The van der Waals surface area contributed by atoms with Crippen molar-refractivity contribution in [3.63, 3.8) is 0 Å². The van der Waals surface area contributed by atoms with Crippen LogP contribution in [0.15, 0.2) is 59.5 Å². The number of carbonyl (C=O) groups is 1. The third-order valence-electron chi connectivity index (χ3n) is 4.85. The molecule has 0 radical (unpaired) electrons. The SMILES string of the molecule is NC1CCCC(C(=O)NCc2ccccc2NS(=O)(=O)c2ccccc2)C1. The third kappa shape index (κ3) is 5.08. The number of anilines is 1. The molecule has 27 heavy (non-hydrogen) atoms. The Kier molecular flexibility index (Phi) is 6.13. The summed E-state index contributed by atoms with van der Waals surface area (Å²) in [6.07, 6.45) is 3.48. The van der Waals surface area contributed by atoms with Crippen LogP contribution in [0.5, 0.6) is 0 Å². The second-order valence-electron chi connectivity index (χ2n) is 6.92. The van der Waals surface area contributed by atoms with Crippen LogP contribution in [-0.4, -0.2) is 20.4 Å². The van der Waals surface area contributed by atoms with E-state index >= 15 is 0 Å². The minimum Gasteiger partial charge on any atom is -0.352 e. The van der Waals surface area contributed by atoms with Crippen LogP contribution in [0, 0.1) is 5.92 Å². The molecule has 4 N–H and O–H groups in total. The van der Waals surface area contributed by atoms with Gasteiger partial charge in [0.05, 0.1) is 10.6 Å². The van der Waals surface area contributed by atoms with Crippen molar-refractivity contribution in [3.8, 4) is 0 Å². The fourth-order valence-corrected chi connectivity index (χ4v) is 4.49. The van der Waals surface area contributed by atoms with Crippen molar-refractivity contribution in [1.82, 2.24) is 5.32 Å². The van der Waals surface area contributed by atoms with Crippen LogP contribution in [0.3, 0.4) is 0 Å². The van der Waals surface area contributed by atoms with E-state index in [-0.39, 0.29) is 29.3 Å². The Hall–Kier alpha value is -2.38. The molecule has 7 heteroatoms. The van der Waals surface area contributed by atoms with Crippen molar-refractivity contribution in [2.24, 2.45) is 11.7 Å². The first-order valence-electron chi connectivity index (χ1n) is 9.15. The number of amides is 1. The Balaban J connectivity index is 1.68. The number of nitrogens with two attached hydrogens (primary N) is 1. The van der Waals surface area contributed by atoms with Crippen LogP contribution >= 0.6 is 0 Å². The number of hydrogen-bond acceptors (Lipinski definition) is 4. The first kappa shape index (κ1) is 19.4. The zero-order chi connectivity index (χ0) is 19.3. The zero-order valence-corrected chi connectivity index (χ0v) is 15.9. The summed E-state index contributed by atoms with van der Waals surface area (Å²) in [6, 6.07) is 15.4. The monoisotopic (exact) mass is 387 g/mol. The fourth-order valence-electron chi connectivity index (χ4n) is 3.37. The lowest BCUT2D eigenvalue weighted by molar-refractivity contribution is -0.126. The molecule has 1 fully saturated rings. The van der Waals surface area contributed by atoms with Crippen LogP contribution < -0.4 is 15.8 Å². The van der Waals surface area contributed by atoms with E-state index in [1.807, 2.05) is 6.07 Å². The van der Waals surface area contributed by atoms with Gasteiger partial charge in [0.1, 0.15) is 0 Å². The summed E-state index contributed by atoms with van der Waals surface area (Å²) in [5, 5.41) is 2.93. The van der Waals surface area contributed by atoms with Gasteiger partial charge in [-0.2, -0.15) is 0 Å². The molecule has 3 rings (SSSR count). The summed E-state index contributed by atoms with van der Waals surface area (Å²) in [5.41, 5.74) is 7.14. The van der Waals surface area contributed by atoms with Crippen molar-refractivity contribution in [2.75, 3.05) is 4.72 Å². The number of sulfonamides is 1. The molecule has 0 aliphatic heterocycles. The number of rotatable bonds is 6. The predicted molar refractivity (Wildman–Crippen MR) is 105 cm³/mol. The van der Waals surface area contributed by atoms with Gasteiger partial charge in [-0.3, -0.25) is 9.52 Å². The molecule has 1 aliphatic rings. The second kappa shape index (κ2) is 8.54. The largest absolute Gasteiger partial charge is 0.352 e. The van der Waals surface area contributed by atoms with Gasteiger partial charge in [0.25, 0.3) is 10.0 Å². The summed E-state index contributed by atoms with van der Waals surface area (Å²) < 4.78 is 27.7. The van der Waals surface area contributed by atoms with E-state index in [1.54, 1.807) is 48.5 Å². The van der Waals surface area contributed by atoms with Gasteiger partial charge in [-0.25, -0.2) is 8.42 Å². The maximum absolute atomic E-state index is 12.6. The maximum Gasteiger partial charge on any atom is 0.261 e. The van der Waals surface area contributed by atoms with Crippen LogP contribution in [0.25, 0.3) is 0 Å². The molecule has 2 atom stereocenters. The van der Waals surface area contributed by atoms with E-state index in [0.717, 1.165) is 19.3 Å². The molecule has 0 heterocycles. The fraction of sp³-hybridized carbons (Fsp3) is 0.350. The Labute approximate surface area is 160 Å². The van der Waals surface area contributed by atoms with E-state index < -0.39 is 10.0 Å². The van der Waals surface area contributed by atoms with Crippen LogP contribution in [0.1, 0.15) is 31.2 Å². The lowest BCUT2D eigenvalue weighted by Crippen LogP contribution is -2.37. The van der Waals surface area contributed by atoms with Crippen molar-refractivity contribution in [2.45, 2.75) is 43.2 Å². The molecular formula is C20H25N3O3S. The summed E-state index contributed by atoms with van der Waals surface area (Å²) >= 11 is 0. The number of hydrogen-bond donors (Lipinski definition) is 3. The quantitative estimate of drug-likeness (QED) is 0.709. The highest BCUT2D eigenvalue weighted by Gasteiger charge is 2.25. The third-order valence-corrected chi connectivity index (χ3v) is 6.24. The molecule has 2 aromatic carbocycles. The van der Waals surface area contributed by atoms with Crippen molar-refractivity contribution >= 4 is 21.6 Å². The highest BCUT2D eigenvalue weighted by atomic mass is 32.2. The second-order valence-corrected chi connectivity index (χ2v) is 8.60.